The quantitative estimate of drug-likeness (QED) is 0.698. The Balaban J connectivity index is 2.88. The minimum Gasteiger partial charge on any atom is -0.336 e. The molecule has 0 atom stereocenters. The third-order valence-electron chi connectivity index (χ3n) is 1.44. The van der Waals surface area contributed by atoms with Crippen molar-refractivity contribution >= 4 is 10.2 Å². The standard InChI is InChI=1S/C7H11FN2O2S/c1-6(2)3-10-4-7(9-5-10)13(8,11)12/h4-6H,3H2,1-2H3. The van der Waals surface area contributed by atoms with Gasteiger partial charge in [-0.05, 0) is 5.92 Å². The van der Waals surface area contributed by atoms with Gasteiger partial charge in [0.05, 0.1) is 6.33 Å². The Kier molecular flexibility index (Phi) is 2.70. The molecule has 1 heterocycles. The van der Waals surface area contributed by atoms with Gasteiger partial charge in [0.2, 0.25) is 5.03 Å². The maximum absolute atomic E-state index is 12.4. The second kappa shape index (κ2) is 3.45. The van der Waals surface area contributed by atoms with Crippen LogP contribution in [0.2, 0.25) is 0 Å². The first kappa shape index (κ1) is 10.2. The summed E-state index contributed by atoms with van der Waals surface area (Å²) in [6, 6.07) is 0. The van der Waals surface area contributed by atoms with Gasteiger partial charge in [-0.15, -0.1) is 0 Å². The minimum atomic E-state index is -4.65. The zero-order valence-corrected chi connectivity index (χ0v) is 8.25. The number of nitrogens with zero attached hydrogens (tertiary/aromatic N) is 2. The lowest BCUT2D eigenvalue weighted by molar-refractivity contribution is 0.520. The first-order chi connectivity index (χ1) is 5.89. The minimum absolute atomic E-state index is 0.365. The molecule has 0 aliphatic rings. The van der Waals surface area contributed by atoms with Crippen molar-refractivity contribution in [2.45, 2.75) is 25.4 Å². The van der Waals surface area contributed by atoms with Gasteiger partial charge in [0.1, 0.15) is 0 Å². The van der Waals surface area contributed by atoms with Gasteiger partial charge >= 0.3 is 10.2 Å². The SMILES string of the molecule is CC(C)Cn1cnc(S(=O)(=O)F)c1. The van der Waals surface area contributed by atoms with Crippen LogP contribution in [-0.2, 0) is 16.8 Å². The lowest BCUT2D eigenvalue weighted by Crippen LogP contribution is -2.01. The van der Waals surface area contributed by atoms with Crippen molar-refractivity contribution in [2.24, 2.45) is 5.92 Å². The summed E-state index contributed by atoms with van der Waals surface area (Å²) in [7, 11) is -4.65. The average molecular weight is 206 g/mol. The molecule has 0 aliphatic heterocycles. The molecule has 13 heavy (non-hydrogen) atoms. The highest BCUT2D eigenvalue weighted by Crippen LogP contribution is 2.09. The van der Waals surface area contributed by atoms with E-state index in [4.69, 9.17) is 0 Å². The first-order valence-corrected chi connectivity index (χ1v) is 5.24. The third kappa shape index (κ3) is 2.80. The van der Waals surface area contributed by atoms with E-state index in [9.17, 15) is 12.3 Å². The Bertz CT molecular complexity index is 383. The Morgan fingerprint density at radius 1 is 1.62 bits per heavy atom. The zero-order chi connectivity index (χ0) is 10.1. The van der Waals surface area contributed by atoms with Crippen molar-refractivity contribution < 1.29 is 12.3 Å². The second-order valence-electron chi connectivity index (χ2n) is 3.24. The summed E-state index contributed by atoms with van der Waals surface area (Å²) < 4.78 is 34.7. The van der Waals surface area contributed by atoms with Crippen molar-refractivity contribution in [3.05, 3.63) is 12.5 Å². The van der Waals surface area contributed by atoms with E-state index in [0.717, 1.165) is 0 Å². The van der Waals surface area contributed by atoms with Gasteiger partial charge in [-0.25, -0.2) is 4.98 Å². The van der Waals surface area contributed by atoms with E-state index in [0.29, 0.717) is 12.5 Å². The molecule has 1 rings (SSSR count). The van der Waals surface area contributed by atoms with Gasteiger partial charge in [-0.2, -0.15) is 8.42 Å². The molecule has 4 nitrogen and oxygen atoms in total. The van der Waals surface area contributed by atoms with E-state index < -0.39 is 15.2 Å². The molecule has 0 amide bonds. The van der Waals surface area contributed by atoms with Gasteiger partial charge in [0, 0.05) is 12.7 Å². The van der Waals surface area contributed by atoms with E-state index in [1.54, 1.807) is 4.57 Å². The van der Waals surface area contributed by atoms with Crippen LogP contribution in [0.3, 0.4) is 0 Å². The summed E-state index contributed by atoms with van der Waals surface area (Å²) in [6.07, 6.45) is 2.50. The molecule has 1 aromatic rings. The molecule has 0 spiro atoms. The molecule has 74 valence electrons. The van der Waals surface area contributed by atoms with Crippen LogP contribution in [0.15, 0.2) is 17.6 Å². The summed E-state index contributed by atoms with van der Waals surface area (Å²) in [5, 5.41) is -0.520. The summed E-state index contributed by atoms with van der Waals surface area (Å²) in [5.74, 6) is 0.365. The van der Waals surface area contributed by atoms with Crippen molar-refractivity contribution in [3.8, 4) is 0 Å². The molecule has 0 bridgehead atoms. The van der Waals surface area contributed by atoms with Gasteiger partial charge < -0.3 is 4.57 Å². The van der Waals surface area contributed by atoms with Crippen LogP contribution in [0.5, 0.6) is 0 Å². The van der Waals surface area contributed by atoms with Crippen LogP contribution in [0.25, 0.3) is 0 Å². The van der Waals surface area contributed by atoms with Crippen LogP contribution >= 0.6 is 0 Å². The molecule has 0 N–H and O–H groups in total. The fraction of sp³-hybridized carbons (Fsp3) is 0.571. The van der Waals surface area contributed by atoms with Gasteiger partial charge in [-0.3, -0.25) is 0 Å². The molecule has 0 aliphatic carbocycles. The van der Waals surface area contributed by atoms with Gasteiger partial charge in [-0.1, -0.05) is 17.7 Å². The summed E-state index contributed by atoms with van der Waals surface area (Å²) in [4.78, 5) is 3.44. The predicted octanol–water partition coefficient (Wildman–Crippen LogP) is 1.20. The number of aromatic nitrogens is 2. The number of halogens is 1. The highest BCUT2D eigenvalue weighted by atomic mass is 32.3. The topological polar surface area (TPSA) is 52.0 Å². The van der Waals surface area contributed by atoms with E-state index in [2.05, 4.69) is 4.98 Å². The molecule has 0 saturated carbocycles. The summed E-state index contributed by atoms with van der Waals surface area (Å²) in [5.41, 5.74) is 0. The third-order valence-corrected chi connectivity index (χ3v) is 2.15. The molecule has 0 aromatic carbocycles. The molecular formula is C7H11FN2O2S. The number of rotatable bonds is 3. The Morgan fingerprint density at radius 2 is 2.23 bits per heavy atom. The zero-order valence-electron chi connectivity index (χ0n) is 7.44. The van der Waals surface area contributed by atoms with Crippen molar-refractivity contribution in [3.63, 3.8) is 0 Å². The van der Waals surface area contributed by atoms with Crippen LogP contribution in [0.4, 0.5) is 3.89 Å². The van der Waals surface area contributed by atoms with E-state index in [1.165, 1.54) is 12.5 Å². The predicted molar refractivity (Wildman–Crippen MR) is 45.4 cm³/mol. The smallest absolute Gasteiger partial charge is 0.336 e. The Morgan fingerprint density at radius 3 is 2.62 bits per heavy atom. The van der Waals surface area contributed by atoms with E-state index >= 15 is 0 Å². The highest BCUT2D eigenvalue weighted by molar-refractivity contribution is 7.86. The second-order valence-corrected chi connectivity index (χ2v) is 4.53. The summed E-state index contributed by atoms with van der Waals surface area (Å²) >= 11 is 0. The number of imidazole rings is 1. The fourth-order valence-corrected chi connectivity index (χ4v) is 1.42. The van der Waals surface area contributed by atoms with Gasteiger partial charge in [0.25, 0.3) is 0 Å². The highest BCUT2D eigenvalue weighted by Gasteiger charge is 2.15. The van der Waals surface area contributed by atoms with Crippen LogP contribution in [0, 0.1) is 5.92 Å². The van der Waals surface area contributed by atoms with Crippen molar-refractivity contribution in [1.29, 1.82) is 0 Å². The van der Waals surface area contributed by atoms with Crippen molar-refractivity contribution in [2.75, 3.05) is 0 Å². The molecular weight excluding hydrogens is 195 g/mol. The maximum atomic E-state index is 12.4. The first-order valence-electron chi connectivity index (χ1n) is 3.86. The monoisotopic (exact) mass is 206 g/mol. The lowest BCUT2D eigenvalue weighted by atomic mass is 10.2. The Labute approximate surface area is 76.6 Å². The van der Waals surface area contributed by atoms with Crippen LogP contribution in [-0.4, -0.2) is 18.0 Å². The molecule has 0 unspecified atom stereocenters. The van der Waals surface area contributed by atoms with Crippen LogP contribution in [0.1, 0.15) is 13.8 Å². The average Bonchev–Trinajstić information content (AvgIpc) is 2.32. The van der Waals surface area contributed by atoms with Crippen molar-refractivity contribution in [1.82, 2.24) is 9.55 Å². The van der Waals surface area contributed by atoms with Crippen LogP contribution < -0.4 is 0 Å². The van der Waals surface area contributed by atoms with E-state index in [-0.39, 0.29) is 0 Å². The number of hydrogen-bond acceptors (Lipinski definition) is 3. The lowest BCUT2D eigenvalue weighted by Gasteiger charge is -2.03. The molecule has 1 aromatic heterocycles. The normalized spacial score (nSPS) is 12.3. The molecule has 0 radical (unpaired) electrons. The summed E-state index contributed by atoms with van der Waals surface area (Å²) in [6.45, 7) is 4.58. The largest absolute Gasteiger partial charge is 0.351 e. The Hall–Kier alpha value is -0.910. The fourth-order valence-electron chi connectivity index (χ4n) is 0.987. The maximum Gasteiger partial charge on any atom is 0.351 e. The molecule has 0 fully saturated rings. The molecule has 0 saturated heterocycles. The number of hydrogen-bond donors (Lipinski definition) is 0. The van der Waals surface area contributed by atoms with Gasteiger partial charge in [0.15, 0.2) is 0 Å². The van der Waals surface area contributed by atoms with E-state index in [1.807, 2.05) is 13.8 Å². The molecule has 6 heteroatoms.